The molecule has 0 unspecified atom stereocenters. The largest absolute Gasteiger partial charge is 0.325 e. The fourth-order valence-corrected chi connectivity index (χ4v) is 3.05. The highest BCUT2D eigenvalue weighted by atomic mass is 16.2. The van der Waals surface area contributed by atoms with E-state index in [1.807, 2.05) is 24.3 Å². The Balaban J connectivity index is 1.69. The number of carbonyl (C=O) groups excluding carboxylic acids is 3. The van der Waals surface area contributed by atoms with Gasteiger partial charge in [0.1, 0.15) is 5.41 Å². The second kappa shape index (κ2) is 7.23. The van der Waals surface area contributed by atoms with Crippen LogP contribution in [0.1, 0.15) is 56.5 Å². The van der Waals surface area contributed by atoms with Gasteiger partial charge in [-0.15, -0.1) is 0 Å². The van der Waals surface area contributed by atoms with Crippen molar-refractivity contribution >= 4 is 29.0 Å². The fraction of sp³-hybridized carbons (Fsp3) is 0.348. The SMILES string of the molecule is CC(=O)c1cccc(NC(=O)C2(C(=O)Nc3ccc(C(C)(C)C)cc3)CC2)c1. The molecule has 0 spiro atoms. The lowest BCUT2D eigenvalue weighted by molar-refractivity contribution is -0.131. The third-order valence-corrected chi connectivity index (χ3v) is 5.16. The number of hydrogen-bond acceptors (Lipinski definition) is 3. The zero-order valence-electron chi connectivity index (χ0n) is 16.8. The number of Topliss-reactive ketones (excluding diaryl/α,β-unsaturated/α-hetero) is 1. The summed E-state index contributed by atoms with van der Waals surface area (Å²) in [7, 11) is 0. The molecule has 0 heterocycles. The van der Waals surface area contributed by atoms with Crippen LogP contribution in [0.15, 0.2) is 48.5 Å². The average molecular weight is 378 g/mol. The van der Waals surface area contributed by atoms with E-state index in [1.165, 1.54) is 12.5 Å². The highest BCUT2D eigenvalue weighted by Gasteiger charge is 2.56. The van der Waals surface area contributed by atoms with Crippen molar-refractivity contribution in [3.63, 3.8) is 0 Å². The van der Waals surface area contributed by atoms with E-state index in [-0.39, 0.29) is 23.0 Å². The maximum Gasteiger partial charge on any atom is 0.240 e. The number of ketones is 1. The summed E-state index contributed by atoms with van der Waals surface area (Å²) in [6.07, 6.45) is 1.02. The van der Waals surface area contributed by atoms with Crippen molar-refractivity contribution in [2.45, 2.75) is 46.0 Å². The van der Waals surface area contributed by atoms with Gasteiger partial charge in [0.25, 0.3) is 0 Å². The summed E-state index contributed by atoms with van der Waals surface area (Å²) in [5, 5.41) is 5.65. The van der Waals surface area contributed by atoms with Gasteiger partial charge in [-0.25, -0.2) is 0 Å². The molecule has 1 saturated carbocycles. The van der Waals surface area contributed by atoms with E-state index in [1.54, 1.807) is 24.3 Å². The van der Waals surface area contributed by atoms with Crippen molar-refractivity contribution in [2.24, 2.45) is 5.41 Å². The quantitative estimate of drug-likeness (QED) is 0.592. The van der Waals surface area contributed by atoms with Crippen molar-refractivity contribution in [3.8, 4) is 0 Å². The van der Waals surface area contributed by atoms with Crippen LogP contribution in [-0.4, -0.2) is 17.6 Å². The van der Waals surface area contributed by atoms with Crippen LogP contribution < -0.4 is 10.6 Å². The third kappa shape index (κ3) is 4.14. The van der Waals surface area contributed by atoms with Crippen LogP contribution in [0.3, 0.4) is 0 Å². The molecular formula is C23H26N2O3. The molecule has 5 nitrogen and oxygen atoms in total. The number of nitrogens with one attached hydrogen (secondary N) is 2. The van der Waals surface area contributed by atoms with Crippen LogP contribution in [-0.2, 0) is 15.0 Å². The highest BCUT2D eigenvalue weighted by Crippen LogP contribution is 2.47. The Hall–Kier alpha value is -2.95. The monoisotopic (exact) mass is 378 g/mol. The minimum absolute atomic E-state index is 0.0363. The molecule has 2 aromatic rings. The molecule has 0 radical (unpaired) electrons. The van der Waals surface area contributed by atoms with E-state index in [2.05, 4.69) is 31.4 Å². The van der Waals surface area contributed by atoms with Gasteiger partial charge in [0.15, 0.2) is 5.78 Å². The Bertz CT molecular complexity index is 920. The molecule has 2 amide bonds. The Kier molecular flexibility index (Phi) is 5.11. The molecule has 0 saturated heterocycles. The molecule has 1 aliphatic carbocycles. The zero-order valence-corrected chi connectivity index (χ0v) is 16.8. The first-order valence-electron chi connectivity index (χ1n) is 9.46. The Morgan fingerprint density at radius 3 is 1.93 bits per heavy atom. The summed E-state index contributed by atoms with van der Waals surface area (Å²) in [5.41, 5.74) is 1.88. The minimum atomic E-state index is -1.05. The fourth-order valence-electron chi connectivity index (χ4n) is 3.05. The molecule has 0 aliphatic heterocycles. The van der Waals surface area contributed by atoms with Gasteiger partial charge in [0.05, 0.1) is 0 Å². The molecule has 5 heteroatoms. The van der Waals surface area contributed by atoms with Crippen LogP contribution in [0.25, 0.3) is 0 Å². The maximum atomic E-state index is 12.8. The predicted octanol–water partition coefficient (Wildman–Crippen LogP) is 4.54. The molecule has 1 fully saturated rings. The smallest absolute Gasteiger partial charge is 0.240 e. The summed E-state index contributed by atoms with van der Waals surface area (Å²) in [6, 6.07) is 14.4. The minimum Gasteiger partial charge on any atom is -0.325 e. The summed E-state index contributed by atoms with van der Waals surface area (Å²) < 4.78 is 0. The van der Waals surface area contributed by atoms with Crippen molar-refractivity contribution in [2.75, 3.05) is 10.6 Å². The molecule has 2 aromatic carbocycles. The number of rotatable bonds is 5. The zero-order chi connectivity index (χ0) is 20.5. The van der Waals surface area contributed by atoms with Gasteiger partial charge < -0.3 is 10.6 Å². The van der Waals surface area contributed by atoms with Gasteiger partial charge in [-0.3, -0.25) is 14.4 Å². The summed E-state index contributed by atoms with van der Waals surface area (Å²) in [5.74, 6) is -0.707. The Labute approximate surface area is 165 Å². The maximum absolute atomic E-state index is 12.8. The molecule has 0 bridgehead atoms. The van der Waals surface area contributed by atoms with Crippen molar-refractivity contribution in [3.05, 3.63) is 59.7 Å². The second-order valence-corrected chi connectivity index (χ2v) is 8.45. The van der Waals surface area contributed by atoms with Gasteiger partial charge in [0.2, 0.25) is 11.8 Å². The first-order valence-corrected chi connectivity index (χ1v) is 9.46. The van der Waals surface area contributed by atoms with E-state index in [9.17, 15) is 14.4 Å². The molecule has 0 atom stereocenters. The lowest BCUT2D eigenvalue weighted by Gasteiger charge is -2.20. The summed E-state index contributed by atoms with van der Waals surface area (Å²) >= 11 is 0. The summed E-state index contributed by atoms with van der Waals surface area (Å²) in [6.45, 7) is 7.86. The Morgan fingerprint density at radius 2 is 1.43 bits per heavy atom. The van der Waals surface area contributed by atoms with Crippen molar-refractivity contribution in [1.82, 2.24) is 0 Å². The van der Waals surface area contributed by atoms with Crippen molar-refractivity contribution < 1.29 is 14.4 Å². The number of amides is 2. The van der Waals surface area contributed by atoms with E-state index in [0.29, 0.717) is 29.8 Å². The van der Waals surface area contributed by atoms with Crippen LogP contribution in [0.4, 0.5) is 11.4 Å². The second-order valence-electron chi connectivity index (χ2n) is 8.45. The van der Waals surface area contributed by atoms with Gasteiger partial charge >= 0.3 is 0 Å². The average Bonchev–Trinajstić information content (AvgIpc) is 3.43. The van der Waals surface area contributed by atoms with Gasteiger partial charge in [-0.2, -0.15) is 0 Å². The standard InChI is InChI=1S/C23H26N2O3/c1-15(26)16-6-5-7-19(14-16)25-21(28)23(12-13-23)20(27)24-18-10-8-17(9-11-18)22(2,3)4/h5-11,14H,12-13H2,1-4H3,(H,24,27)(H,25,28). The molecule has 28 heavy (non-hydrogen) atoms. The number of anilines is 2. The lowest BCUT2D eigenvalue weighted by Crippen LogP contribution is -2.35. The molecular weight excluding hydrogens is 352 g/mol. The number of carbonyl (C=O) groups is 3. The normalized spacial score (nSPS) is 14.9. The predicted molar refractivity (Wildman–Crippen MR) is 111 cm³/mol. The van der Waals surface area contributed by atoms with Crippen LogP contribution in [0.2, 0.25) is 0 Å². The van der Waals surface area contributed by atoms with E-state index in [4.69, 9.17) is 0 Å². The number of benzene rings is 2. The van der Waals surface area contributed by atoms with E-state index < -0.39 is 5.41 Å². The first kappa shape index (κ1) is 19.8. The van der Waals surface area contributed by atoms with Crippen LogP contribution in [0.5, 0.6) is 0 Å². The van der Waals surface area contributed by atoms with Gasteiger partial charge in [-0.1, -0.05) is 45.0 Å². The molecule has 146 valence electrons. The lowest BCUT2D eigenvalue weighted by atomic mass is 9.87. The first-order chi connectivity index (χ1) is 13.1. The van der Waals surface area contributed by atoms with Crippen molar-refractivity contribution in [1.29, 1.82) is 0 Å². The van der Waals surface area contributed by atoms with Crippen LogP contribution >= 0.6 is 0 Å². The number of hydrogen-bond donors (Lipinski definition) is 2. The highest BCUT2D eigenvalue weighted by molar-refractivity contribution is 6.17. The molecule has 3 rings (SSSR count). The molecule has 0 aromatic heterocycles. The van der Waals surface area contributed by atoms with E-state index in [0.717, 1.165) is 0 Å². The topological polar surface area (TPSA) is 75.3 Å². The summed E-state index contributed by atoms with van der Waals surface area (Å²) in [4.78, 5) is 37.0. The van der Waals surface area contributed by atoms with E-state index >= 15 is 0 Å². The molecule has 1 aliphatic rings. The van der Waals surface area contributed by atoms with Gasteiger partial charge in [-0.05, 0) is 55.0 Å². The van der Waals surface area contributed by atoms with Crippen LogP contribution in [0, 0.1) is 5.41 Å². The molecule has 2 N–H and O–H groups in total. The Morgan fingerprint density at radius 1 is 0.857 bits per heavy atom. The van der Waals surface area contributed by atoms with Gasteiger partial charge in [0, 0.05) is 16.9 Å². The third-order valence-electron chi connectivity index (χ3n) is 5.16.